The summed E-state index contributed by atoms with van der Waals surface area (Å²) in [5, 5.41) is 11.3. The molecular weight excluding hydrogens is 274 g/mol. The van der Waals surface area contributed by atoms with Crippen molar-refractivity contribution in [3.05, 3.63) is 24.3 Å². The third-order valence-electron chi connectivity index (χ3n) is 2.68. The van der Waals surface area contributed by atoms with Gasteiger partial charge in [-0.1, -0.05) is 6.07 Å². The first-order chi connectivity index (χ1) is 9.88. The maximum Gasteiger partial charge on any atom is 0.341 e. The number of amides is 2. The van der Waals surface area contributed by atoms with Crippen molar-refractivity contribution in [2.45, 2.75) is 0 Å². The van der Waals surface area contributed by atoms with E-state index in [0.717, 1.165) is 6.54 Å². The number of aliphatic carboxylic acids is 1. The Bertz CT molecular complexity index is 491. The first kappa shape index (κ1) is 16.8. The second kappa shape index (κ2) is 8.11. The summed E-state index contributed by atoms with van der Waals surface area (Å²) in [5.74, 6) is -0.654. The number of carboxylic acid groups (broad SMARTS) is 1. The smallest absolute Gasteiger partial charge is 0.341 e. The number of benzene rings is 1. The summed E-state index contributed by atoms with van der Waals surface area (Å²) < 4.78 is 5.06. The second-order valence-electron chi connectivity index (χ2n) is 4.87. The monoisotopic (exact) mass is 295 g/mol. The average molecular weight is 295 g/mol. The number of carbonyl (C=O) groups is 2. The van der Waals surface area contributed by atoms with Crippen LogP contribution in [0.3, 0.4) is 0 Å². The Morgan fingerprint density at radius 3 is 2.57 bits per heavy atom. The van der Waals surface area contributed by atoms with Crippen LogP contribution < -0.4 is 10.1 Å². The molecule has 0 saturated heterocycles. The zero-order chi connectivity index (χ0) is 15.8. The molecule has 0 spiro atoms. The van der Waals surface area contributed by atoms with Gasteiger partial charge >= 0.3 is 12.0 Å². The number of carboxylic acids is 1. The van der Waals surface area contributed by atoms with Crippen molar-refractivity contribution < 1.29 is 19.4 Å². The summed E-state index contributed by atoms with van der Waals surface area (Å²) in [6, 6.07) is 6.39. The summed E-state index contributed by atoms with van der Waals surface area (Å²) in [5.41, 5.74) is 0.555. The molecule has 0 unspecified atom stereocenters. The topological polar surface area (TPSA) is 82.1 Å². The molecule has 2 N–H and O–H groups in total. The van der Waals surface area contributed by atoms with Gasteiger partial charge in [0.05, 0.1) is 0 Å². The number of urea groups is 1. The van der Waals surface area contributed by atoms with Crippen molar-refractivity contribution in [3.63, 3.8) is 0 Å². The van der Waals surface area contributed by atoms with Gasteiger partial charge in [-0.2, -0.15) is 0 Å². The van der Waals surface area contributed by atoms with Crippen LogP contribution in [0.4, 0.5) is 10.5 Å². The minimum atomic E-state index is -1.05. The second-order valence-corrected chi connectivity index (χ2v) is 4.87. The number of nitrogens with one attached hydrogen (secondary N) is 1. The minimum Gasteiger partial charge on any atom is -0.482 e. The molecule has 0 atom stereocenters. The molecule has 21 heavy (non-hydrogen) atoms. The fourth-order valence-corrected chi connectivity index (χ4v) is 1.48. The van der Waals surface area contributed by atoms with Crippen LogP contribution in [-0.4, -0.2) is 67.7 Å². The van der Waals surface area contributed by atoms with Crippen LogP contribution in [0.2, 0.25) is 0 Å². The molecule has 0 saturated carbocycles. The van der Waals surface area contributed by atoms with Gasteiger partial charge in [-0.3, -0.25) is 0 Å². The molecule has 0 aliphatic heterocycles. The van der Waals surface area contributed by atoms with Crippen molar-refractivity contribution in [2.75, 3.05) is 46.2 Å². The van der Waals surface area contributed by atoms with Crippen LogP contribution in [0.1, 0.15) is 0 Å². The summed E-state index contributed by atoms with van der Waals surface area (Å²) in [6.07, 6.45) is 0. The SMILES string of the molecule is CN(C)CCN(C)C(=O)Nc1cccc(OCC(=O)O)c1. The molecule has 0 aliphatic rings. The largest absolute Gasteiger partial charge is 0.482 e. The predicted octanol–water partition coefficient (Wildman–Crippen LogP) is 1.18. The van der Waals surface area contributed by atoms with Gasteiger partial charge in [0, 0.05) is 31.9 Å². The number of rotatable bonds is 7. The first-order valence-electron chi connectivity index (χ1n) is 6.50. The van der Waals surface area contributed by atoms with Gasteiger partial charge in [0.25, 0.3) is 0 Å². The Kier molecular flexibility index (Phi) is 6.48. The van der Waals surface area contributed by atoms with E-state index >= 15 is 0 Å². The highest BCUT2D eigenvalue weighted by Crippen LogP contribution is 2.17. The van der Waals surface area contributed by atoms with Crippen molar-refractivity contribution >= 4 is 17.7 Å². The fraction of sp³-hybridized carbons (Fsp3) is 0.429. The van der Waals surface area contributed by atoms with Crippen LogP contribution in [0.5, 0.6) is 5.75 Å². The lowest BCUT2D eigenvalue weighted by atomic mass is 10.3. The van der Waals surface area contributed by atoms with Crippen molar-refractivity contribution in [3.8, 4) is 5.75 Å². The normalized spacial score (nSPS) is 10.3. The van der Waals surface area contributed by atoms with E-state index in [1.165, 1.54) is 0 Å². The first-order valence-corrected chi connectivity index (χ1v) is 6.50. The summed E-state index contributed by atoms with van der Waals surface area (Å²) >= 11 is 0. The Balaban J connectivity index is 2.55. The molecule has 0 aromatic heterocycles. The van der Waals surface area contributed by atoms with Gasteiger partial charge in [0.15, 0.2) is 6.61 Å². The fourth-order valence-electron chi connectivity index (χ4n) is 1.48. The third-order valence-corrected chi connectivity index (χ3v) is 2.68. The number of hydrogen-bond donors (Lipinski definition) is 2. The molecule has 0 fully saturated rings. The number of anilines is 1. The maximum absolute atomic E-state index is 12.0. The summed E-state index contributed by atoms with van der Waals surface area (Å²) in [7, 11) is 5.59. The van der Waals surface area contributed by atoms with E-state index in [2.05, 4.69) is 5.32 Å². The van der Waals surface area contributed by atoms with Crippen LogP contribution in [0.25, 0.3) is 0 Å². The van der Waals surface area contributed by atoms with Crippen LogP contribution in [0, 0.1) is 0 Å². The third kappa shape index (κ3) is 6.62. The number of likely N-dealkylation sites (N-methyl/N-ethyl adjacent to an activating group) is 2. The van der Waals surface area contributed by atoms with E-state index in [1.807, 2.05) is 19.0 Å². The quantitative estimate of drug-likeness (QED) is 0.789. The lowest BCUT2D eigenvalue weighted by Gasteiger charge is -2.20. The Morgan fingerprint density at radius 1 is 1.24 bits per heavy atom. The molecule has 116 valence electrons. The van der Waals surface area contributed by atoms with E-state index in [0.29, 0.717) is 18.0 Å². The molecule has 0 bridgehead atoms. The number of ether oxygens (including phenoxy) is 1. The molecule has 1 aromatic carbocycles. The average Bonchev–Trinajstić information content (AvgIpc) is 2.42. The lowest BCUT2D eigenvalue weighted by Crippen LogP contribution is -2.36. The highest BCUT2D eigenvalue weighted by atomic mass is 16.5. The highest BCUT2D eigenvalue weighted by Gasteiger charge is 2.09. The zero-order valence-corrected chi connectivity index (χ0v) is 12.5. The van der Waals surface area contributed by atoms with E-state index in [-0.39, 0.29) is 6.03 Å². The van der Waals surface area contributed by atoms with Gasteiger partial charge in [-0.15, -0.1) is 0 Å². The zero-order valence-electron chi connectivity index (χ0n) is 12.5. The van der Waals surface area contributed by atoms with E-state index in [1.54, 1.807) is 36.2 Å². The molecular formula is C14H21N3O4. The van der Waals surface area contributed by atoms with Crippen molar-refractivity contribution in [2.24, 2.45) is 0 Å². The highest BCUT2D eigenvalue weighted by molar-refractivity contribution is 5.89. The van der Waals surface area contributed by atoms with Crippen LogP contribution in [0.15, 0.2) is 24.3 Å². The molecule has 1 rings (SSSR count). The molecule has 0 aliphatic carbocycles. The molecule has 7 nitrogen and oxygen atoms in total. The van der Waals surface area contributed by atoms with Crippen LogP contribution in [-0.2, 0) is 4.79 Å². The Morgan fingerprint density at radius 2 is 1.95 bits per heavy atom. The van der Waals surface area contributed by atoms with Gasteiger partial charge in [-0.25, -0.2) is 9.59 Å². The summed E-state index contributed by atoms with van der Waals surface area (Å²) in [4.78, 5) is 26.0. The van der Waals surface area contributed by atoms with Gasteiger partial charge in [0.2, 0.25) is 0 Å². The van der Waals surface area contributed by atoms with E-state index in [9.17, 15) is 9.59 Å². The Hall–Kier alpha value is -2.28. The predicted molar refractivity (Wildman–Crippen MR) is 79.8 cm³/mol. The molecule has 2 amide bonds. The van der Waals surface area contributed by atoms with Crippen molar-refractivity contribution in [1.29, 1.82) is 0 Å². The molecule has 1 aromatic rings. The standard InChI is InChI=1S/C14H21N3O4/c1-16(2)7-8-17(3)14(20)15-11-5-4-6-12(9-11)21-10-13(18)19/h4-6,9H,7-8,10H2,1-3H3,(H,15,20)(H,18,19). The van der Waals surface area contributed by atoms with Gasteiger partial charge < -0.3 is 25.0 Å². The lowest BCUT2D eigenvalue weighted by molar-refractivity contribution is -0.139. The molecule has 0 radical (unpaired) electrons. The van der Waals surface area contributed by atoms with Gasteiger partial charge in [-0.05, 0) is 26.2 Å². The minimum absolute atomic E-state index is 0.229. The van der Waals surface area contributed by atoms with E-state index in [4.69, 9.17) is 9.84 Å². The number of hydrogen-bond acceptors (Lipinski definition) is 4. The number of carbonyl (C=O) groups excluding carboxylic acids is 1. The van der Waals surface area contributed by atoms with Crippen molar-refractivity contribution in [1.82, 2.24) is 9.80 Å². The maximum atomic E-state index is 12.0. The molecule has 7 heteroatoms. The molecule has 0 heterocycles. The Labute approximate surface area is 124 Å². The van der Waals surface area contributed by atoms with E-state index < -0.39 is 12.6 Å². The summed E-state index contributed by atoms with van der Waals surface area (Å²) in [6.45, 7) is 0.958. The van der Waals surface area contributed by atoms with Gasteiger partial charge in [0.1, 0.15) is 5.75 Å². The number of nitrogens with zero attached hydrogens (tertiary/aromatic N) is 2. The van der Waals surface area contributed by atoms with Crippen LogP contribution >= 0.6 is 0 Å².